The van der Waals surface area contributed by atoms with Crippen LogP contribution in [0.25, 0.3) is 0 Å². The van der Waals surface area contributed by atoms with E-state index in [-0.39, 0.29) is 23.4 Å². The van der Waals surface area contributed by atoms with Crippen LogP contribution >= 0.6 is 0 Å². The van der Waals surface area contributed by atoms with Crippen molar-refractivity contribution < 1.29 is 23.1 Å². The van der Waals surface area contributed by atoms with E-state index in [4.69, 9.17) is 4.74 Å². The highest BCUT2D eigenvalue weighted by atomic mass is 19.2. The van der Waals surface area contributed by atoms with Crippen molar-refractivity contribution >= 4 is 11.8 Å². The molecule has 2 saturated heterocycles. The number of amides is 2. The molecule has 2 fully saturated rings. The van der Waals surface area contributed by atoms with Crippen LogP contribution in [0.15, 0.2) is 42.5 Å². The summed E-state index contributed by atoms with van der Waals surface area (Å²) >= 11 is 0. The zero-order valence-electron chi connectivity index (χ0n) is 16.7. The summed E-state index contributed by atoms with van der Waals surface area (Å²) in [6, 6.07) is 10.1. The molecule has 1 atom stereocenters. The Hall–Kier alpha value is -2.96. The zero-order valence-corrected chi connectivity index (χ0v) is 16.7. The summed E-state index contributed by atoms with van der Waals surface area (Å²) in [5.41, 5.74) is 0.769. The van der Waals surface area contributed by atoms with Gasteiger partial charge < -0.3 is 14.5 Å². The third-order valence-corrected chi connectivity index (χ3v) is 5.74. The standard InChI is InChI=1S/C23H24F2N2O3/c24-20-10-7-17(14-21(20)25)23(29)27-13-3-4-18(27)15-30-19-8-5-16(6-9-19)22(28)26-11-1-2-12-26/h5-10,14,18H,1-4,11-13,15H2/t18-/m1/s1. The number of halogens is 2. The Morgan fingerprint density at radius 3 is 2.27 bits per heavy atom. The number of likely N-dealkylation sites (tertiary alicyclic amines) is 2. The van der Waals surface area contributed by atoms with Crippen molar-refractivity contribution in [2.45, 2.75) is 31.7 Å². The second-order valence-corrected chi connectivity index (χ2v) is 7.76. The van der Waals surface area contributed by atoms with Gasteiger partial charge in [0, 0.05) is 30.8 Å². The second-order valence-electron chi connectivity index (χ2n) is 7.76. The number of carbonyl (C=O) groups excluding carboxylic acids is 2. The van der Waals surface area contributed by atoms with Crippen molar-refractivity contribution in [3.8, 4) is 5.75 Å². The van der Waals surface area contributed by atoms with Gasteiger partial charge in [0.15, 0.2) is 11.6 Å². The maximum Gasteiger partial charge on any atom is 0.254 e. The third kappa shape index (κ3) is 4.30. The maximum absolute atomic E-state index is 13.5. The molecule has 0 aliphatic carbocycles. The van der Waals surface area contributed by atoms with E-state index >= 15 is 0 Å². The van der Waals surface area contributed by atoms with Gasteiger partial charge in [-0.25, -0.2) is 8.78 Å². The van der Waals surface area contributed by atoms with Crippen LogP contribution < -0.4 is 4.74 Å². The molecule has 0 saturated carbocycles. The Labute approximate surface area is 174 Å². The normalized spacial score (nSPS) is 18.7. The first kappa shape index (κ1) is 20.3. The third-order valence-electron chi connectivity index (χ3n) is 5.74. The average molecular weight is 414 g/mol. The molecule has 0 N–H and O–H groups in total. The van der Waals surface area contributed by atoms with E-state index < -0.39 is 11.6 Å². The minimum absolute atomic E-state index is 0.0399. The van der Waals surface area contributed by atoms with Gasteiger partial charge in [0.05, 0.1) is 6.04 Å². The van der Waals surface area contributed by atoms with Crippen LogP contribution in [0.4, 0.5) is 8.78 Å². The van der Waals surface area contributed by atoms with Gasteiger partial charge in [-0.05, 0) is 68.1 Å². The molecule has 30 heavy (non-hydrogen) atoms. The number of benzene rings is 2. The Kier molecular flexibility index (Phi) is 5.97. The lowest BCUT2D eigenvalue weighted by atomic mass is 10.1. The number of hydrogen-bond donors (Lipinski definition) is 0. The number of rotatable bonds is 5. The monoisotopic (exact) mass is 414 g/mol. The van der Waals surface area contributed by atoms with E-state index in [0.717, 1.165) is 50.9 Å². The van der Waals surface area contributed by atoms with Crippen molar-refractivity contribution in [1.82, 2.24) is 9.80 Å². The van der Waals surface area contributed by atoms with Crippen molar-refractivity contribution in [3.05, 3.63) is 65.2 Å². The number of hydrogen-bond acceptors (Lipinski definition) is 3. The molecular formula is C23H24F2N2O3. The second kappa shape index (κ2) is 8.81. The molecule has 158 valence electrons. The average Bonchev–Trinajstić information content (AvgIpc) is 3.46. The van der Waals surface area contributed by atoms with E-state index in [2.05, 4.69) is 0 Å². The predicted molar refractivity (Wildman–Crippen MR) is 107 cm³/mol. The van der Waals surface area contributed by atoms with E-state index in [0.29, 0.717) is 24.5 Å². The highest BCUT2D eigenvalue weighted by molar-refractivity contribution is 5.95. The molecule has 2 amide bonds. The lowest BCUT2D eigenvalue weighted by Crippen LogP contribution is -2.39. The van der Waals surface area contributed by atoms with Crippen molar-refractivity contribution in [1.29, 1.82) is 0 Å². The topological polar surface area (TPSA) is 49.9 Å². The molecule has 2 aliphatic heterocycles. The van der Waals surface area contributed by atoms with Crippen molar-refractivity contribution in [2.75, 3.05) is 26.2 Å². The fraction of sp³-hybridized carbons (Fsp3) is 0.391. The van der Waals surface area contributed by atoms with Crippen LogP contribution in [0, 0.1) is 11.6 Å². The fourth-order valence-electron chi connectivity index (χ4n) is 4.06. The fourth-order valence-corrected chi connectivity index (χ4v) is 4.06. The molecule has 2 heterocycles. The minimum atomic E-state index is -1.03. The first-order valence-electron chi connectivity index (χ1n) is 10.3. The molecule has 0 spiro atoms. The largest absolute Gasteiger partial charge is 0.491 e. The van der Waals surface area contributed by atoms with Gasteiger partial charge in [-0.3, -0.25) is 9.59 Å². The summed E-state index contributed by atoms with van der Waals surface area (Å²) in [6.45, 7) is 2.46. The summed E-state index contributed by atoms with van der Waals surface area (Å²) in [5, 5.41) is 0. The van der Waals surface area contributed by atoms with Crippen LogP contribution in [-0.4, -0.2) is 53.9 Å². The van der Waals surface area contributed by atoms with Crippen molar-refractivity contribution in [2.24, 2.45) is 0 Å². The molecule has 0 radical (unpaired) electrons. The van der Waals surface area contributed by atoms with Gasteiger partial charge in [-0.1, -0.05) is 0 Å². The lowest BCUT2D eigenvalue weighted by Gasteiger charge is -2.25. The number of ether oxygens (including phenoxy) is 1. The quantitative estimate of drug-likeness (QED) is 0.746. The Morgan fingerprint density at radius 2 is 1.57 bits per heavy atom. The highest BCUT2D eigenvalue weighted by Gasteiger charge is 2.30. The molecule has 2 aliphatic rings. The summed E-state index contributed by atoms with van der Waals surface area (Å²) in [4.78, 5) is 28.6. The van der Waals surface area contributed by atoms with Gasteiger partial charge in [0.1, 0.15) is 12.4 Å². The molecule has 0 bridgehead atoms. The maximum atomic E-state index is 13.5. The number of nitrogens with zero attached hydrogens (tertiary/aromatic N) is 2. The van der Waals surface area contributed by atoms with Gasteiger partial charge >= 0.3 is 0 Å². The summed E-state index contributed by atoms with van der Waals surface area (Å²) in [7, 11) is 0. The van der Waals surface area contributed by atoms with E-state index in [1.54, 1.807) is 29.2 Å². The molecule has 7 heteroatoms. The Balaban J connectivity index is 1.36. The van der Waals surface area contributed by atoms with Crippen LogP contribution in [0.5, 0.6) is 5.75 Å². The lowest BCUT2D eigenvalue weighted by molar-refractivity contribution is 0.0690. The van der Waals surface area contributed by atoms with Gasteiger partial charge in [0.2, 0.25) is 0 Å². The van der Waals surface area contributed by atoms with Crippen LogP contribution in [0.3, 0.4) is 0 Å². The van der Waals surface area contributed by atoms with Crippen LogP contribution in [0.2, 0.25) is 0 Å². The predicted octanol–water partition coefficient (Wildman–Crippen LogP) is 3.88. The summed E-state index contributed by atoms with van der Waals surface area (Å²) in [5.74, 6) is -1.67. The summed E-state index contributed by atoms with van der Waals surface area (Å²) < 4.78 is 32.5. The van der Waals surface area contributed by atoms with Gasteiger partial charge in [0.25, 0.3) is 11.8 Å². The van der Waals surface area contributed by atoms with E-state index in [1.165, 1.54) is 6.07 Å². The molecule has 0 aromatic heterocycles. The molecule has 0 unspecified atom stereocenters. The Morgan fingerprint density at radius 1 is 0.867 bits per heavy atom. The first-order valence-corrected chi connectivity index (χ1v) is 10.3. The molecule has 5 nitrogen and oxygen atoms in total. The molecule has 2 aromatic rings. The minimum Gasteiger partial charge on any atom is -0.491 e. The SMILES string of the molecule is O=C(c1ccc(OC[C@H]2CCCN2C(=O)c2ccc(F)c(F)c2)cc1)N1CCCC1. The van der Waals surface area contributed by atoms with E-state index in [9.17, 15) is 18.4 Å². The van der Waals surface area contributed by atoms with Crippen LogP contribution in [-0.2, 0) is 0 Å². The van der Waals surface area contributed by atoms with Gasteiger partial charge in [-0.15, -0.1) is 0 Å². The Bertz CT molecular complexity index is 927. The van der Waals surface area contributed by atoms with E-state index in [1.807, 2.05) is 4.90 Å². The number of carbonyl (C=O) groups is 2. The summed E-state index contributed by atoms with van der Waals surface area (Å²) in [6.07, 6.45) is 3.70. The smallest absolute Gasteiger partial charge is 0.254 e. The van der Waals surface area contributed by atoms with Gasteiger partial charge in [-0.2, -0.15) is 0 Å². The molecule has 2 aromatic carbocycles. The van der Waals surface area contributed by atoms with Crippen LogP contribution in [0.1, 0.15) is 46.4 Å². The molecule has 4 rings (SSSR count). The highest BCUT2D eigenvalue weighted by Crippen LogP contribution is 2.23. The van der Waals surface area contributed by atoms with Crippen molar-refractivity contribution in [3.63, 3.8) is 0 Å². The molecular weight excluding hydrogens is 390 g/mol. The zero-order chi connectivity index (χ0) is 21.1. The first-order chi connectivity index (χ1) is 14.5.